The zero-order valence-electron chi connectivity index (χ0n) is 11.1. The van der Waals surface area contributed by atoms with Gasteiger partial charge in [-0.1, -0.05) is 11.6 Å². The van der Waals surface area contributed by atoms with Crippen molar-refractivity contribution in [2.24, 2.45) is 0 Å². The molecule has 1 aliphatic carbocycles. The van der Waals surface area contributed by atoms with Crippen molar-refractivity contribution in [2.45, 2.75) is 37.5 Å². The summed E-state index contributed by atoms with van der Waals surface area (Å²) in [5.41, 5.74) is 0. The topological polar surface area (TPSA) is 34.6 Å². The van der Waals surface area contributed by atoms with Gasteiger partial charge in [0.15, 0.2) is 5.79 Å². The van der Waals surface area contributed by atoms with Crippen LogP contribution in [0.4, 0.5) is 5.82 Å². The van der Waals surface area contributed by atoms with Gasteiger partial charge in [-0.25, -0.2) is 4.98 Å². The van der Waals surface area contributed by atoms with Gasteiger partial charge in [0, 0.05) is 32.1 Å². The first-order valence-electron chi connectivity index (χ1n) is 6.81. The minimum Gasteiger partial charge on any atom is -0.355 e. The van der Waals surface area contributed by atoms with E-state index in [2.05, 4.69) is 16.9 Å². The Morgan fingerprint density at radius 3 is 2.63 bits per heavy atom. The first-order chi connectivity index (χ1) is 9.20. The number of hydrogen-bond acceptors (Lipinski definition) is 4. The van der Waals surface area contributed by atoms with Crippen molar-refractivity contribution in [3.05, 3.63) is 23.4 Å². The molecule has 5 heteroatoms. The van der Waals surface area contributed by atoms with Crippen LogP contribution in [0.2, 0.25) is 5.02 Å². The Morgan fingerprint density at radius 1 is 1.32 bits per heavy atom. The Balaban J connectivity index is 1.66. The van der Waals surface area contributed by atoms with E-state index in [9.17, 15) is 0 Å². The van der Waals surface area contributed by atoms with E-state index in [1.54, 1.807) is 6.20 Å². The molecule has 0 aromatic carbocycles. The van der Waals surface area contributed by atoms with Gasteiger partial charge in [0.2, 0.25) is 0 Å². The molecule has 1 saturated carbocycles. The predicted molar refractivity (Wildman–Crippen MR) is 74.5 cm³/mol. The Morgan fingerprint density at radius 2 is 2.00 bits per heavy atom. The highest BCUT2D eigenvalue weighted by Crippen LogP contribution is 2.38. The fourth-order valence-corrected chi connectivity index (χ4v) is 3.28. The van der Waals surface area contributed by atoms with E-state index in [0.717, 1.165) is 44.7 Å². The van der Waals surface area contributed by atoms with E-state index >= 15 is 0 Å². The number of anilines is 1. The molecule has 0 bridgehead atoms. The maximum absolute atomic E-state index is 6.21. The van der Waals surface area contributed by atoms with Gasteiger partial charge in [-0.3, -0.25) is 0 Å². The number of aromatic nitrogens is 1. The van der Waals surface area contributed by atoms with Gasteiger partial charge in [-0.15, -0.1) is 0 Å². The molecule has 2 heterocycles. The fourth-order valence-electron chi connectivity index (χ4n) is 3.03. The van der Waals surface area contributed by atoms with Crippen LogP contribution in [0.25, 0.3) is 0 Å². The highest BCUT2D eigenvalue weighted by atomic mass is 35.5. The first-order valence-corrected chi connectivity index (χ1v) is 7.19. The van der Waals surface area contributed by atoms with Crippen molar-refractivity contribution in [1.82, 2.24) is 4.98 Å². The van der Waals surface area contributed by atoms with Crippen molar-refractivity contribution in [1.29, 1.82) is 0 Å². The smallest absolute Gasteiger partial charge is 0.168 e. The van der Waals surface area contributed by atoms with E-state index < -0.39 is 0 Å². The maximum atomic E-state index is 6.21. The van der Waals surface area contributed by atoms with Crippen LogP contribution >= 0.6 is 11.6 Å². The normalized spacial score (nSPS) is 22.8. The molecule has 2 fully saturated rings. The lowest BCUT2D eigenvalue weighted by Gasteiger charge is -2.39. The fraction of sp³-hybridized carbons (Fsp3) is 0.643. The molecule has 4 nitrogen and oxygen atoms in total. The minimum absolute atomic E-state index is 0.300. The molecule has 0 amide bonds. The molecule has 0 unspecified atom stereocenters. The number of hydrogen-bond donors (Lipinski definition) is 0. The minimum atomic E-state index is -0.300. The van der Waals surface area contributed by atoms with E-state index in [1.165, 1.54) is 0 Å². The molecular weight excluding hydrogens is 264 g/mol. The van der Waals surface area contributed by atoms with Crippen molar-refractivity contribution in [2.75, 3.05) is 25.2 Å². The lowest BCUT2D eigenvalue weighted by Crippen LogP contribution is -2.43. The molecule has 0 radical (unpaired) electrons. The molecule has 1 saturated heterocycles. The zero-order chi connectivity index (χ0) is 13.3. The summed E-state index contributed by atoms with van der Waals surface area (Å²) in [6.07, 6.45) is 5.77. The second-order valence-electron chi connectivity index (χ2n) is 5.26. The third-order valence-electron chi connectivity index (χ3n) is 4.15. The summed E-state index contributed by atoms with van der Waals surface area (Å²) < 4.78 is 11.5. The maximum Gasteiger partial charge on any atom is 0.168 e. The standard InChI is InChI=1S/C14H19ClN2O2/c1-17(13-12(15)3-2-8-16-13)11-4-6-14(7-5-11)18-9-10-19-14/h2-3,8,11H,4-7,9-10H2,1H3. The van der Waals surface area contributed by atoms with Crippen LogP contribution in [0.5, 0.6) is 0 Å². The summed E-state index contributed by atoms with van der Waals surface area (Å²) in [4.78, 5) is 6.56. The largest absolute Gasteiger partial charge is 0.355 e. The van der Waals surface area contributed by atoms with Gasteiger partial charge in [0.25, 0.3) is 0 Å². The van der Waals surface area contributed by atoms with Gasteiger partial charge < -0.3 is 14.4 Å². The highest BCUT2D eigenvalue weighted by Gasteiger charge is 2.41. The Hall–Kier alpha value is -0.840. The summed E-state index contributed by atoms with van der Waals surface area (Å²) in [7, 11) is 2.06. The predicted octanol–water partition coefficient (Wildman–Crippen LogP) is 2.86. The lowest BCUT2D eigenvalue weighted by molar-refractivity contribution is -0.178. The Kier molecular flexibility index (Phi) is 3.65. The van der Waals surface area contributed by atoms with Crippen LogP contribution in [0.3, 0.4) is 0 Å². The Labute approximate surface area is 118 Å². The third kappa shape index (κ3) is 2.57. The van der Waals surface area contributed by atoms with Gasteiger partial charge in [0.05, 0.1) is 18.2 Å². The highest BCUT2D eigenvalue weighted by molar-refractivity contribution is 6.32. The second kappa shape index (κ2) is 5.27. The number of rotatable bonds is 2. The number of nitrogens with zero attached hydrogens (tertiary/aromatic N) is 2. The van der Waals surface area contributed by atoms with Crippen LogP contribution in [-0.4, -0.2) is 37.1 Å². The van der Waals surface area contributed by atoms with Crippen molar-refractivity contribution in [3.63, 3.8) is 0 Å². The zero-order valence-corrected chi connectivity index (χ0v) is 11.9. The SMILES string of the molecule is CN(c1ncccc1Cl)C1CCC2(CC1)OCCO2. The first kappa shape index (κ1) is 13.2. The van der Waals surface area contributed by atoms with Crippen molar-refractivity contribution < 1.29 is 9.47 Å². The molecule has 2 aliphatic rings. The lowest BCUT2D eigenvalue weighted by atomic mass is 9.89. The molecule has 1 spiro atoms. The van der Waals surface area contributed by atoms with Crippen molar-refractivity contribution in [3.8, 4) is 0 Å². The average Bonchev–Trinajstić information content (AvgIpc) is 2.88. The quantitative estimate of drug-likeness (QED) is 0.835. The second-order valence-corrected chi connectivity index (χ2v) is 5.67. The molecule has 0 N–H and O–H groups in total. The van der Waals surface area contributed by atoms with E-state index in [-0.39, 0.29) is 5.79 Å². The van der Waals surface area contributed by atoms with Gasteiger partial charge in [0.1, 0.15) is 5.82 Å². The van der Waals surface area contributed by atoms with Crippen LogP contribution in [0.1, 0.15) is 25.7 Å². The molecule has 0 atom stereocenters. The van der Waals surface area contributed by atoms with Gasteiger partial charge >= 0.3 is 0 Å². The molecule has 1 aromatic rings. The van der Waals surface area contributed by atoms with E-state index in [0.29, 0.717) is 11.1 Å². The third-order valence-corrected chi connectivity index (χ3v) is 4.45. The summed E-state index contributed by atoms with van der Waals surface area (Å²) in [5, 5.41) is 0.707. The number of ether oxygens (including phenoxy) is 2. The molecule has 1 aromatic heterocycles. The summed E-state index contributed by atoms with van der Waals surface area (Å²) in [6.45, 7) is 1.46. The number of pyridine rings is 1. The summed E-state index contributed by atoms with van der Waals surface area (Å²) in [6, 6.07) is 4.19. The Bertz CT molecular complexity index is 439. The molecule has 3 rings (SSSR count). The number of halogens is 1. The van der Waals surface area contributed by atoms with E-state index in [1.807, 2.05) is 12.1 Å². The molecule has 19 heavy (non-hydrogen) atoms. The molecule has 104 valence electrons. The van der Waals surface area contributed by atoms with E-state index in [4.69, 9.17) is 21.1 Å². The summed E-state index contributed by atoms with van der Waals surface area (Å²) in [5.74, 6) is 0.559. The monoisotopic (exact) mass is 282 g/mol. The van der Waals surface area contributed by atoms with Crippen LogP contribution < -0.4 is 4.90 Å². The van der Waals surface area contributed by atoms with Crippen LogP contribution in [0.15, 0.2) is 18.3 Å². The average molecular weight is 283 g/mol. The van der Waals surface area contributed by atoms with Crippen LogP contribution in [0, 0.1) is 0 Å². The van der Waals surface area contributed by atoms with Gasteiger partial charge in [-0.05, 0) is 25.0 Å². The summed E-state index contributed by atoms with van der Waals surface area (Å²) >= 11 is 6.21. The molecule has 1 aliphatic heterocycles. The van der Waals surface area contributed by atoms with Crippen LogP contribution in [-0.2, 0) is 9.47 Å². The van der Waals surface area contributed by atoms with Crippen molar-refractivity contribution >= 4 is 17.4 Å². The molecular formula is C14H19ClN2O2. The van der Waals surface area contributed by atoms with Gasteiger partial charge in [-0.2, -0.15) is 0 Å².